The number of hydrogen-bond acceptors (Lipinski definition) is 4. The number of nitrogens with one attached hydrogen (secondary N) is 2. The average molecular weight is 483 g/mol. The molecular weight excluding hydrogens is 456 g/mol. The smallest absolute Gasteiger partial charge is 0.283 e. The highest BCUT2D eigenvalue weighted by Gasteiger charge is 2.19. The monoisotopic (exact) mass is 482 g/mol. The number of carbonyl (C=O) groups excluding carboxylic acids is 1. The van der Waals surface area contributed by atoms with Gasteiger partial charge >= 0.3 is 0 Å². The van der Waals surface area contributed by atoms with Crippen LogP contribution >= 0.6 is 11.8 Å². The van der Waals surface area contributed by atoms with Gasteiger partial charge < -0.3 is 10.3 Å². The SMILES string of the molecule is Cc1ccc(NC(=O)CSc2nc3c([nH]c4ccccc43)c(=O)n2-c2cccc(C)c2C)c(C)c1. The summed E-state index contributed by atoms with van der Waals surface area (Å²) >= 11 is 1.26. The van der Waals surface area contributed by atoms with E-state index in [0.29, 0.717) is 16.2 Å². The highest BCUT2D eigenvalue weighted by molar-refractivity contribution is 7.99. The number of aromatic nitrogens is 3. The van der Waals surface area contributed by atoms with Gasteiger partial charge in [-0.15, -0.1) is 0 Å². The largest absolute Gasteiger partial charge is 0.349 e. The van der Waals surface area contributed by atoms with Gasteiger partial charge in [-0.1, -0.05) is 59.8 Å². The third kappa shape index (κ3) is 4.23. The van der Waals surface area contributed by atoms with Crippen molar-refractivity contribution in [1.29, 1.82) is 0 Å². The van der Waals surface area contributed by atoms with Crippen molar-refractivity contribution in [1.82, 2.24) is 14.5 Å². The average Bonchev–Trinajstić information content (AvgIpc) is 3.21. The van der Waals surface area contributed by atoms with Gasteiger partial charge in [0.1, 0.15) is 11.0 Å². The standard InChI is InChI=1S/C28H26N4O2S/c1-16-12-13-21(18(3)14-16)29-24(33)15-35-28-31-25-20-9-5-6-10-22(20)30-26(25)27(34)32(28)23-11-7-8-17(2)19(23)4/h5-14,30H,15H2,1-4H3,(H,29,33). The third-order valence-corrected chi connectivity index (χ3v) is 7.24. The van der Waals surface area contributed by atoms with Crippen LogP contribution in [0.1, 0.15) is 22.3 Å². The predicted molar refractivity (Wildman–Crippen MR) is 144 cm³/mol. The summed E-state index contributed by atoms with van der Waals surface area (Å²) in [5.74, 6) is -0.0267. The van der Waals surface area contributed by atoms with Gasteiger partial charge in [0.05, 0.1) is 11.4 Å². The maximum atomic E-state index is 13.8. The van der Waals surface area contributed by atoms with Gasteiger partial charge in [0.2, 0.25) is 5.91 Å². The van der Waals surface area contributed by atoms with Crippen molar-refractivity contribution in [2.24, 2.45) is 0 Å². The Morgan fingerprint density at radius 3 is 2.60 bits per heavy atom. The number of carbonyl (C=O) groups is 1. The number of benzene rings is 3. The number of amides is 1. The van der Waals surface area contributed by atoms with Crippen molar-refractivity contribution in [3.63, 3.8) is 0 Å². The van der Waals surface area contributed by atoms with Crippen molar-refractivity contribution in [2.75, 3.05) is 11.1 Å². The van der Waals surface area contributed by atoms with Gasteiger partial charge in [-0.05, 0) is 62.6 Å². The molecule has 2 heterocycles. The normalized spacial score (nSPS) is 11.3. The molecule has 2 aromatic heterocycles. The summed E-state index contributed by atoms with van der Waals surface area (Å²) in [7, 11) is 0. The summed E-state index contributed by atoms with van der Waals surface area (Å²) in [6, 6.07) is 19.5. The van der Waals surface area contributed by atoms with E-state index in [2.05, 4.69) is 10.3 Å². The van der Waals surface area contributed by atoms with Gasteiger partial charge in [0.25, 0.3) is 5.56 Å². The summed E-state index contributed by atoms with van der Waals surface area (Å²) in [6.07, 6.45) is 0. The molecule has 0 aliphatic heterocycles. The Morgan fingerprint density at radius 1 is 1.00 bits per heavy atom. The second-order valence-electron chi connectivity index (χ2n) is 8.80. The fourth-order valence-electron chi connectivity index (χ4n) is 4.30. The molecule has 0 saturated carbocycles. The van der Waals surface area contributed by atoms with Gasteiger partial charge in [-0.25, -0.2) is 4.98 Å². The lowest BCUT2D eigenvalue weighted by Gasteiger charge is -2.15. The summed E-state index contributed by atoms with van der Waals surface area (Å²) in [5.41, 5.74) is 7.52. The molecule has 3 aromatic carbocycles. The van der Waals surface area contributed by atoms with Crippen LogP contribution in [0.2, 0.25) is 0 Å². The molecule has 0 fully saturated rings. The number of H-pyrrole nitrogens is 1. The van der Waals surface area contributed by atoms with Crippen LogP contribution in [0.3, 0.4) is 0 Å². The summed E-state index contributed by atoms with van der Waals surface area (Å²) < 4.78 is 1.62. The quantitative estimate of drug-likeness (QED) is 0.244. The molecule has 0 aliphatic carbocycles. The summed E-state index contributed by atoms with van der Waals surface area (Å²) in [4.78, 5) is 34.8. The van der Waals surface area contributed by atoms with Crippen LogP contribution in [-0.4, -0.2) is 26.2 Å². The van der Waals surface area contributed by atoms with E-state index in [-0.39, 0.29) is 17.2 Å². The Kier molecular flexibility index (Phi) is 5.94. The van der Waals surface area contributed by atoms with Crippen LogP contribution in [0.5, 0.6) is 0 Å². The second kappa shape index (κ2) is 9.07. The number of thioether (sulfide) groups is 1. The molecule has 5 aromatic rings. The number of nitrogens with zero attached hydrogens (tertiary/aromatic N) is 2. The molecule has 176 valence electrons. The zero-order chi connectivity index (χ0) is 24.7. The molecule has 2 N–H and O–H groups in total. The zero-order valence-corrected chi connectivity index (χ0v) is 20.9. The lowest BCUT2D eigenvalue weighted by Crippen LogP contribution is -2.24. The number of aryl methyl sites for hydroxylation is 3. The molecule has 0 aliphatic rings. The minimum atomic E-state index is -0.183. The molecule has 0 unspecified atom stereocenters. The maximum Gasteiger partial charge on any atom is 0.283 e. The van der Waals surface area contributed by atoms with E-state index in [1.807, 2.05) is 88.4 Å². The van der Waals surface area contributed by atoms with Crippen LogP contribution in [-0.2, 0) is 4.79 Å². The van der Waals surface area contributed by atoms with E-state index >= 15 is 0 Å². The number of aromatic amines is 1. The fraction of sp³-hybridized carbons (Fsp3) is 0.179. The topological polar surface area (TPSA) is 79.8 Å². The Hall–Kier alpha value is -3.84. The molecule has 0 atom stereocenters. The zero-order valence-electron chi connectivity index (χ0n) is 20.1. The first-order chi connectivity index (χ1) is 16.8. The maximum absolute atomic E-state index is 13.8. The van der Waals surface area contributed by atoms with Crippen molar-refractivity contribution in [3.8, 4) is 5.69 Å². The molecule has 5 rings (SSSR count). The van der Waals surface area contributed by atoms with E-state index in [1.165, 1.54) is 11.8 Å². The highest BCUT2D eigenvalue weighted by atomic mass is 32.2. The van der Waals surface area contributed by atoms with Crippen molar-refractivity contribution in [2.45, 2.75) is 32.9 Å². The number of fused-ring (bicyclic) bond motifs is 3. The molecule has 35 heavy (non-hydrogen) atoms. The first-order valence-corrected chi connectivity index (χ1v) is 12.4. The molecule has 0 radical (unpaired) electrons. The van der Waals surface area contributed by atoms with E-state index in [9.17, 15) is 9.59 Å². The lowest BCUT2D eigenvalue weighted by atomic mass is 10.1. The van der Waals surface area contributed by atoms with Crippen LogP contribution < -0.4 is 10.9 Å². The first kappa shape index (κ1) is 22.9. The highest BCUT2D eigenvalue weighted by Crippen LogP contribution is 2.28. The van der Waals surface area contributed by atoms with Gasteiger partial charge in [0.15, 0.2) is 5.16 Å². The van der Waals surface area contributed by atoms with Gasteiger partial charge in [-0.2, -0.15) is 0 Å². The summed E-state index contributed by atoms with van der Waals surface area (Å²) in [5, 5.41) is 4.35. The van der Waals surface area contributed by atoms with Crippen LogP contribution in [0, 0.1) is 27.7 Å². The fourth-order valence-corrected chi connectivity index (χ4v) is 5.10. The Labute approximate surface area is 207 Å². The summed E-state index contributed by atoms with van der Waals surface area (Å²) in [6.45, 7) is 8.00. The molecule has 7 heteroatoms. The number of rotatable bonds is 5. The van der Waals surface area contributed by atoms with E-state index in [1.54, 1.807) is 4.57 Å². The minimum absolute atomic E-state index is 0.123. The molecule has 0 spiro atoms. The Bertz CT molecular complexity index is 1670. The van der Waals surface area contributed by atoms with Crippen molar-refractivity contribution >= 4 is 45.3 Å². The van der Waals surface area contributed by atoms with Crippen LogP contribution in [0.25, 0.3) is 27.6 Å². The van der Waals surface area contributed by atoms with Crippen LogP contribution in [0.4, 0.5) is 5.69 Å². The van der Waals surface area contributed by atoms with E-state index in [0.717, 1.165) is 44.5 Å². The van der Waals surface area contributed by atoms with Gasteiger partial charge in [0, 0.05) is 16.6 Å². The van der Waals surface area contributed by atoms with Crippen molar-refractivity contribution < 1.29 is 4.79 Å². The molecule has 0 saturated heterocycles. The predicted octanol–water partition coefficient (Wildman–Crippen LogP) is 5.83. The van der Waals surface area contributed by atoms with Crippen molar-refractivity contribution in [3.05, 3.63) is 93.3 Å². The van der Waals surface area contributed by atoms with E-state index in [4.69, 9.17) is 4.98 Å². The molecular formula is C28H26N4O2S. The number of para-hydroxylation sites is 1. The third-order valence-electron chi connectivity index (χ3n) is 6.30. The number of hydrogen-bond donors (Lipinski definition) is 2. The molecule has 1 amide bonds. The number of anilines is 1. The first-order valence-electron chi connectivity index (χ1n) is 11.4. The second-order valence-corrected chi connectivity index (χ2v) is 9.75. The Balaban J connectivity index is 1.58. The lowest BCUT2D eigenvalue weighted by molar-refractivity contribution is -0.113. The molecule has 6 nitrogen and oxygen atoms in total. The van der Waals surface area contributed by atoms with E-state index < -0.39 is 0 Å². The molecule has 0 bridgehead atoms. The van der Waals surface area contributed by atoms with Crippen LogP contribution in [0.15, 0.2) is 70.6 Å². The Morgan fingerprint density at radius 2 is 1.80 bits per heavy atom. The van der Waals surface area contributed by atoms with Gasteiger partial charge in [-0.3, -0.25) is 14.2 Å². The minimum Gasteiger partial charge on any atom is -0.349 e.